The second-order valence-electron chi connectivity index (χ2n) is 2.45. The normalized spacial score (nSPS) is 13.3. The van der Waals surface area contributed by atoms with Crippen molar-refractivity contribution in [3.8, 4) is 0 Å². The molecule has 1 aromatic heterocycles. The molecule has 0 spiro atoms. The summed E-state index contributed by atoms with van der Waals surface area (Å²) in [7, 11) is 1.94. The van der Waals surface area contributed by atoms with Gasteiger partial charge in [0.1, 0.15) is 0 Å². The van der Waals surface area contributed by atoms with Crippen LogP contribution in [0.25, 0.3) is 0 Å². The van der Waals surface area contributed by atoms with Crippen LogP contribution in [0.2, 0.25) is 0 Å². The Hall–Kier alpha value is -0.480. The van der Waals surface area contributed by atoms with E-state index in [9.17, 15) is 0 Å². The summed E-state index contributed by atoms with van der Waals surface area (Å²) in [6.45, 7) is 0. The third kappa shape index (κ3) is 2.55. The van der Waals surface area contributed by atoms with Gasteiger partial charge in [-0.15, -0.1) is 0 Å². The summed E-state index contributed by atoms with van der Waals surface area (Å²) in [5, 5.41) is 3.17. The predicted molar refractivity (Wildman–Crippen MR) is 49.0 cm³/mol. The number of aromatic amines is 1. The third-order valence-electron chi connectivity index (χ3n) is 1.65. The van der Waals surface area contributed by atoms with Crippen LogP contribution >= 0.6 is 12.6 Å². The van der Waals surface area contributed by atoms with E-state index in [1.165, 1.54) is 0 Å². The van der Waals surface area contributed by atoms with E-state index < -0.39 is 0 Å². The van der Waals surface area contributed by atoms with E-state index in [2.05, 4.69) is 27.9 Å². The minimum Gasteiger partial charge on any atom is -0.348 e. The van der Waals surface area contributed by atoms with E-state index in [0.717, 1.165) is 17.9 Å². The molecule has 0 bridgehead atoms. The average molecular weight is 171 g/mol. The van der Waals surface area contributed by atoms with E-state index in [4.69, 9.17) is 0 Å². The van der Waals surface area contributed by atoms with Crippen molar-refractivity contribution < 1.29 is 0 Å². The maximum atomic E-state index is 4.21. The number of H-pyrrole nitrogens is 1. The highest BCUT2D eigenvalue weighted by molar-refractivity contribution is 7.80. The van der Waals surface area contributed by atoms with Crippen molar-refractivity contribution in [3.05, 3.63) is 18.2 Å². The molecular formula is C7H13N3S. The lowest BCUT2D eigenvalue weighted by molar-refractivity contribution is 0.612. The first kappa shape index (κ1) is 8.62. The molecule has 62 valence electrons. The van der Waals surface area contributed by atoms with Gasteiger partial charge in [0.2, 0.25) is 0 Å². The third-order valence-corrected chi connectivity index (χ3v) is 2.09. The molecule has 1 aromatic rings. The Kier molecular flexibility index (Phi) is 3.45. The molecule has 0 aliphatic heterocycles. The molecule has 0 aliphatic carbocycles. The number of nitrogens with one attached hydrogen (secondary N) is 2. The number of hydrogen-bond donors (Lipinski definition) is 3. The molecule has 1 unspecified atom stereocenters. The highest BCUT2D eigenvalue weighted by Crippen LogP contribution is 1.98. The first-order chi connectivity index (χ1) is 5.36. The zero-order valence-corrected chi connectivity index (χ0v) is 7.44. The minimum absolute atomic E-state index is 0.429. The zero-order valence-electron chi connectivity index (χ0n) is 6.54. The zero-order chi connectivity index (χ0) is 8.10. The lowest BCUT2D eigenvalue weighted by Gasteiger charge is -2.10. The van der Waals surface area contributed by atoms with Crippen LogP contribution in [0.15, 0.2) is 12.5 Å². The fourth-order valence-corrected chi connectivity index (χ4v) is 1.23. The van der Waals surface area contributed by atoms with Crippen LogP contribution in [0.3, 0.4) is 0 Å². The SMILES string of the molecule is CNC(CS)Cc1cnc[nH]1. The van der Waals surface area contributed by atoms with Crippen LogP contribution in [0.1, 0.15) is 5.69 Å². The highest BCUT2D eigenvalue weighted by atomic mass is 32.1. The first-order valence-corrected chi connectivity index (χ1v) is 4.25. The molecule has 1 atom stereocenters. The van der Waals surface area contributed by atoms with Gasteiger partial charge in [0.25, 0.3) is 0 Å². The van der Waals surface area contributed by atoms with E-state index in [1.54, 1.807) is 6.33 Å². The van der Waals surface area contributed by atoms with Gasteiger partial charge in [0.15, 0.2) is 0 Å². The maximum absolute atomic E-state index is 4.21. The van der Waals surface area contributed by atoms with Crippen molar-refractivity contribution in [2.45, 2.75) is 12.5 Å². The Bertz CT molecular complexity index is 182. The number of aromatic nitrogens is 2. The van der Waals surface area contributed by atoms with Gasteiger partial charge in [-0.2, -0.15) is 12.6 Å². The van der Waals surface area contributed by atoms with Crippen LogP contribution in [0.5, 0.6) is 0 Å². The molecule has 1 rings (SSSR count). The number of thiol groups is 1. The molecule has 3 nitrogen and oxygen atoms in total. The topological polar surface area (TPSA) is 40.7 Å². The van der Waals surface area contributed by atoms with Crippen LogP contribution in [0.4, 0.5) is 0 Å². The second-order valence-corrected chi connectivity index (χ2v) is 2.81. The van der Waals surface area contributed by atoms with E-state index in [-0.39, 0.29) is 0 Å². The molecule has 0 radical (unpaired) electrons. The standard InChI is InChI=1S/C7H13N3S/c1-8-7(4-11)2-6-3-9-5-10-6/h3,5,7-8,11H,2,4H2,1H3,(H,9,10). The summed E-state index contributed by atoms with van der Waals surface area (Å²) in [5.74, 6) is 0.843. The molecule has 0 amide bonds. The molecule has 2 N–H and O–H groups in total. The maximum Gasteiger partial charge on any atom is 0.0921 e. The average Bonchev–Trinajstić information content (AvgIpc) is 2.52. The van der Waals surface area contributed by atoms with Gasteiger partial charge < -0.3 is 10.3 Å². The Morgan fingerprint density at radius 3 is 3.09 bits per heavy atom. The Morgan fingerprint density at radius 1 is 1.82 bits per heavy atom. The smallest absolute Gasteiger partial charge is 0.0921 e. The summed E-state index contributed by atoms with van der Waals surface area (Å²) in [4.78, 5) is 6.99. The van der Waals surface area contributed by atoms with E-state index in [1.807, 2.05) is 13.2 Å². The quantitative estimate of drug-likeness (QED) is 0.576. The fraction of sp³-hybridized carbons (Fsp3) is 0.571. The van der Waals surface area contributed by atoms with E-state index >= 15 is 0 Å². The van der Waals surface area contributed by atoms with Crippen LogP contribution in [-0.2, 0) is 6.42 Å². The number of rotatable bonds is 4. The molecular weight excluding hydrogens is 158 g/mol. The van der Waals surface area contributed by atoms with E-state index in [0.29, 0.717) is 6.04 Å². The molecule has 11 heavy (non-hydrogen) atoms. The van der Waals surface area contributed by atoms with Crippen molar-refractivity contribution in [1.82, 2.24) is 15.3 Å². The first-order valence-electron chi connectivity index (χ1n) is 3.62. The van der Waals surface area contributed by atoms with Crippen molar-refractivity contribution in [1.29, 1.82) is 0 Å². The molecule has 0 aromatic carbocycles. The summed E-state index contributed by atoms with van der Waals surface area (Å²) in [5.41, 5.74) is 1.15. The Morgan fingerprint density at radius 2 is 2.64 bits per heavy atom. The van der Waals surface area contributed by atoms with Crippen molar-refractivity contribution in [2.75, 3.05) is 12.8 Å². The van der Waals surface area contributed by atoms with Gasteiger partial charge in [-0.3, -0.25) is 0 Å². The molecule has 0 saturated heterocycles. The lowest BCUT2D eigenvalue weighted by Crippen LogP contribution is -2.29. The van der Waals surface area contributed by atoms with Crippen molar-refractivity contribution in [2.24, 2.45) is 0 Å². The predicted octanol–water partition coefficient (Wildman–Crippen LogP) is 0.470. The number of hydrogen-bond acceptors (Lipinski definition) is 3. The van der Waals surface area contributed by atoms with Gasteiger partial charge in [-0.05, 0) is 7.05 Å². The van der Waals surface area contributed by atoms with Crippen molar-refractivity contribution in [3.63, 3.8) is 0 Å². The molecule has 1 heterocycles. The minimum atomic E-state index is 0.429. The molecule has 0 aliphatic rings. The Labute approximate surface area is 72.0 Å². The van der Waals surface area contributed by atoms with Crippen LogP contribution in [0, 0.1) is 0 Å². The molecule has 4 heteroatoms. The number of nitrogens with zero attached hydrogens (tertiary/aromatic N) is 1. The highest BCUT2D eigenvalue weighted by Gasteiger charge is 2.04. The van der Waals surface area contributed by atoms with Crippen LogP contribution < -0.4 is 5.32 Å². The van der Waals surface area contributed by atoms with Crippen LogP contribution in [-0.4, -0.2) is 28.8 Å². The second kappa shape index (κ2) is 4.41. The summed E-state index contributed by atoms with van der Waals surface area (Å²) < 4.78 is 0. The monoisotopic (exact) mass is 171 g/mol. The van der Waals surface area contributed by atoms with Gasteiger partial charge in [-0.25, -0.2) is 4.98 Å². The number of likely N-dealkylation sites (N-methyl/N-ethyl adjacent to an activating group) is 1. The Balaban J connectivity index is 2.41. The largest absolute Gasteiger partial charge is 0.348 e. The number of imidazole rings is 1. The summed E-state index contributed by atoms with van der Waals surface area (Å²) >= 11 is 4.21. The summed E-state index contributed by atoms with van der Waals surface area (Å²) in [6.07, 6.45) is 4.49. The van der Waals surface area contributed by atoms with Gasteiger partial charge >= 0.3 is 0 Å². The summed E-state index contributed by atoms with van der Waals surface area (Å²) in [6, 6.07) is 0.429. The fourth-order valence-electron chi connectivity index (χ4n) is 0.920. The molecule has 0 saturated carbocycles. The lowest BCUT2D eigenvalue weighted by atomic mass is 10.2. The van der Waals surface area contributed by atoms with Gasteiger partial charge in [0.05, 0.1) is 6.33 Å². The molecule has 0 fully saturated rings. The van der Waals surface area contributed by atoms with Crippen molar-refractivity contribution >= 4 is 12.6 Å². The van der Waals surface area contributed by atoms with Gasteiger partial charge in [-0.1, -0.05) is 0 Å². The van der Waals surface area contributed by atoms with Gasteiger partial charge in [0, 0.05) is 30.1 Å².